The summed E-state index contributed by atoms with van der Waals surface area (Å²) >= 11 is 0. The molecular weight excluding hydrogens is 322 g/mol. The number of nitrogens with zero attached hydrogens (tertiary/aromatic N) is 1. The van der Waals surface area contributed by atoms with Crippen molar-refractivity contribution in [2.75, 3.05) is 0 Å². The van der Waals surface area contributed by atoms with E-state index in [9.17, 15) is 0 Å². The Bertz CT molecular complexity index is 637. The van der Waals surface area contributed by atoms with Crippen molar-refractivity contribution in [3.63, 3.8) is 0 Å². The van der Waals surface area contributed by atoms with Gasteiger partial charge in [0.05, 0.1) is 12.4 Å². The molecule has 0 fully saturated rings. The molecule has 0 aliphatic rings. The summed E-state index contributed by atoms with van der Waals surface area (Å²) in [5.41, 5.74) is 1.07. The summed E-state index contributed by atoms with van der Waals surface area (Å²) in [6, 6.07) is 10.0. The first kappa shape index (κ1) is 24.0. The second kappa shape index (κ2) is 10.8. The SMILES string of the molecule is CC.CC.CC(C)(C)Oc1cncc(Oc2cccc(C(C)(C)C)c2)c1. The largest absolute Gasteiger partial charge is 0.486 e. The van der Waals surface area contributed by atoms with Crippen molar-refractivity contribution in [1.29, 1.82) is 0 Å². The van der Waals surface area contributed by atoms with E-state index in [1.165, 1.54) is 5.56 Å². The Morgan fingerprint density at radius 1 is 0.731 bits per heavy atom. The molecule has 0 N–H and O–H groups in total. The van der Waals surface area contributed by atoms with Gasteiger partial charge >= 0.3 is 0 Å². The average molecular weight is 360 g/mol. The van der Waals surface area contributed by atoms with Gasteiger partial charge < -0.3 is 9.47 Å². The van der Waals surface area contributed by atoms with Crippen LogP contribution in [-0.4, -0.2) is 10.6 Å². The van der Waals surface area contributed by atoms with E-state index in [2.05, 4.69) is 37.9 Å². The van der Waals surface area contributed by atoms with E-state index in [1.807, 2.05) is 66.7 Å². The van der Waals surface area contributed by atoms with Crippen LogP contribution in [0.5, 0.6) is 17.2 Å². The van der Waals surface area contributed by atoms with Gasteiger partial charge in [-0.15, -0.1) is 0 Å². The van der Waals surface area contributed by atoms with Gasteiger partial charge in [-0.3, -0.25) is 4.98 Å². The van der Waals surface area contributed by atoms with Crippen LogP contribution in [-0.2, 0) is 5.41 Å². The Kier molecular flexibility index (Phi) is 10.0. The second-order valence-electron chi connectivity index (χ2n) is 7.45. The number of hydrogen-bond donors (Lipinski definition) is 0. The molecule has 0 aliphatic carbocycles. The fourth-order valence-electron chi connectivity index (χ4n) is 2.03. The molecule has 3 nitrogen and oxygen atoms in total. The molecular formula is C23H37NO2. The maximum atomic E-state index is 5.93. The maximum absolute atomic E-state index is 5.93. The standard InChI is InChI=1S/C19H25NO2.2C2H6/c1-18(2,3)14-8-7-9-15(10-14)21-16-11-17(13-20-12-16)22-19(4,5)6;2*1-2/h7-13H,1-6H3;2*1-2H3. The first-order valence-electron chi connectivity index (χ1n) is 9.56. The minimum Gasteiger partial charge on any atom is -0.486 e. The highest BCUT2D eigenvalue weighted by molar-refractivity contribution is 5.37. The summed E-state index contributed by atoms with van der Waals surface area (Å²) in [7, 11) is 0. The lowest BCUT2D eigenvalue weighted by Gasteiger charge is -2.21. The van der Waals surface area contributed by atoms with Crippen LogP contribution in [0.15, 0.2) is 42.7 Å². The van der Waals surface area contributed by atoms with E-state index in [4.69, 9.17) is 9.47 Å². The molecule has 146 valence electrons. The summed E-state index contributed by atoms with van der Waals surface area (Å²) < 4.78 is 11.7. The zero-order valence-corrected chi connectivity index (χ0v) is 18.3. The van der Waals surface area contributed by atoms with Crippen molar-refractivity contribution in [2.24, 2.45) is 0 Å². The smallest absolute Gasteiger partial charge is 0.149 e. The zero-order valence-electron chi connectivity index (χ0n) is 18.3. The van der Waals surface area contributed by atoms with Gasteiger partial charge in [-0.05, 0) is 43.9 Å². The number of benzene rings is 1. The van der Waals surface area contributed by atoms with Crippen molar-refractivity contribution in [2.45, 2.75) is 80.3 Å². The first-order chi connectivity index (χ1) is 12.1. The molecule has 1 heterocycles. The van der Waals surface area contributed by atoms with Gasteiger partial charge in [0.2, 0.25) is 0 Å². The molecule has 0 amide bonds. The fraction of sp³-hybridized carbons (Fsp3) is 0.522. The quantitative estimate of drug-likeness (QED) is 0.572. The van der Waals surface area contributed by atoms with E-state index in [1.54, 1.807) is 12.4 Å². The molecule has 1 aromatic carbocycles. The lowest BCUT2D eigenvalue weighted by atomic mass is 9.87. The molecule has 0 aliphatic heterocycles. The van der Waals surface area contributed by atoms with Gasteiger partial charge in [-0.2, -0.15) is 0 Å². The predicted octanol–water partition coefficient (Wildman–Crippen LogP) is 7.40. The molecule has 2 rings (SSSR count). The lowest BCUT2D eigenvalue weighted by Crippen LogP contribution is -2.22. The van der Waals surface area contributed by atoms with Crippen LogP contribution >= 0.6 is 0 Å². The third kappa shape index (κ3) is 8.89. The molecule has 1 aromatic heterocycles. The summed E-state index contributed by atoms with van der Waals surface area (Å²) in [6.07, 6.45) is 3.39. The zero-order chi connectivity index (χ0) is 20.4. The highest BCUT2D eigenvalue weighted by atomic mass is 16.5. The molecule has 0 saturated heterocycles. The minimum absolute atomic E-state index is 0.0921. The van der Waals surface area contributed by atoms with Crippen molar-refractivity contribution in [3.05, 3.63) is 48.3 Å². The topological polar surface area (TPSA) is 31.4 Å². The van der Waals surface area contributed by atoms with Gasteiger partial charge in [0, 0.05) is 6.07 Å². The molecule has 0 saturated carbocycles. The third-order valence-corrected chi connectivity index (χ3v) is 3.05. The average Bonchev–Trinajstić information content (AvgIpc) is 2.57. The Morgan fingerprint density at radius 3 is 1.85 bits per heavy atom. The van der Waals surface area contributed by atoms with E-state index >= 15 is 0 Å². The van der Waals surface area contributed by atoms with Crippen LogP contribution in [0.2, 0.25) is 0 Å². The molecule has 0 radical (unpaired) electrons. The third-order valence-electron chi connectivity index (χ3n) is 3.05. The highest BCUT2D eigenvalue weighted by Gasteiger charge is 2.15. The fourth-order valence-corrected chi connectivity index (χ4v) is 2.03. The monoisotopic (exact) mass is 359 g/mol. The molecule has 0 spiro atoms. The first-order valence-corrected chi connectivity index (χ1v) is 9.56. The van der Waals surface area contributed by atoms with Gasteiger partial charge in [-0.25, -0.2) is 0 Å². The Labute approximate surface area is 160 Å². The van der Waals surface area contributed by atoms with Crippen molar-refractivity contribution < 1.29 is 9.47 Å². The number of pyridine rings is 1. The van der Waals surface area contributed by atoms with Crippen LogP contribution < -0.4 is 9.47 Å². The summed E-state index contributed by atoms with van der Waals surface area (Å²) in [6.45, 7) is 20.6. The molecule has 0 atom stereocenters. The number of aromatic nitrogens is 1. The van der Waals surface area contributed by atoms with Crippen LogP contribution in [0.4, 0.5) is 0 Å². The van der Waals surface area contributed by atoms with E-state index in [0.717, 1.165) is 5.75 Å². The number of rotatable bonds is 3. The van der Waals surface area contributed by atoms with Gasteiger partial charge in [0.15, 0.2) is 0 Å². The highest BCUT2D eigenvalue weighted by Crippen LogP contribution is 2.29. The summed E-state index contributed by atoms with van der Waals surface area (Å²) in [5.74, 6) is 2.19. The lowest BCUT2D eigenvalue weighted by molar-refractivity contribution is 0.130. The molecule has 2 aromatic rings. The predicted molar refractivity (Wildman–Crippen MR) is 113 cm³/mol. The second-order valence-corrected chi connectivity index (χ2v) is 7.45. The van der Waals surface area contributed by atoms with Crippen molar-refractivity contribution >= 4 is 0 Å². The Balaban J connectivity index is 0.00000146. The van der Waals surface area contributed by atoms with Gasteiger partial charge in [-0.1, -0.05) is 60.6 Å². The molecule has 26 heavy (non-hydrogen) atoms. The Morgan fingerprint density at radius 2 is 1.31 bits per heavy atom. The molecule has 0 unspecified atom stereocenters. The van der Waals surface area contributed by atoms with Gasteiger partial charge in [0.25, 0.3) is 0 Å². The van der Waals surface area contributed by atoms with Crippen LogP contribution in [0.1, 0.15) is 74.8 Å². The minimum atomic E-state index is -0.257. The Hall–Kier alpha value is -2.03. The molecule has 3 heteroatoms. The van der Waals surface area contributed by atoms with E-state index < -0.39 is 0 Å². The summed E-state index contributed by atoms with van der Waals surface area (Å²) in [4.78, 5) is 4.19. The normalized spacial score (nSPS) is 10.7. The van der Waals surface area contributed by atoms with Gasteiger partial charge in [0.1, 0.15) is 22.8 Å². The number of hydrogen-bond acceptors (Lipinski definition) is 3. The van der Waals surface area contributed by atoms with Crippen molar-refractivity contribution in [3.8, 4) is 17.2 Å². The maximum Gasteiger partial charge on any atom is 0.149 e. The van der Waals surface area contributed by atoms with Crippen LogP contribution in [0.25, 0.3) is 0 Å². The summed E-state index contributed by atoms with van der Waals surface area (Å²) in [5, 5.41) is 0. The molecule has 0 bridgehead atoms. The van der Waals surface area contributed by atoms with Crippen LogP contribution in [0.3, 0.4) is 0 Å². The van der Waals surface area contributed by atoms with Crippen LogP contribution in [0, 0.1) is 0 Å². The van der Waals surface area contributed by atoms with E-state index in [0.29, 0.717) is 11.5 Å². The number of ether oxygens (including phenoxy) is 2. The van der Waals surface area contributed by atoms with E-state index in [-0.39, 0.29) is 11.0 Å². The van der Waals surface area contributed by atoms with Crippen molar-refractivity contribution in [1.82, 2.24) is 4.98 Å².